The van der Waals surface area contributed by atoms with Gasteiger partial charge in [0, 0.05) is 12.8 Å². The largest absolute Gasteiger partial charge is 0.558 e. The molecule has 1 fully saturated rings. The Bertz CT molecular complexity index is 245. The number of likely N-dealkylation sites (tertiary alicyclic amines) is 1. The highest BCUT2D eigenvalue weighted by atomic mass is 19.4. The molecule has 1 nitrogen and oxygen atoms in total. The molecule has 1 aliphatic heterocycles. The molecule has 0 aromatic rings. The quantitative estimate of drug-likeness (QED) is 0.394. The van der Waals surface area contributed by atoms with E-state index in [-0.39, 0.29) is 0 Å². The molecule has 110 valence electrons. The predicted molar refractivity (Wildman–Crippen MR) is 51.2 cm³/mol. The van der Waals surface area contributed by atoms with Crippen LogP contribution in [0.25, 0.3) is 0 Å². The third-order valence-electron chi connectivity index (χ3n) is 2.57. The first-order valence-corrected chi connectivity index (χ1v) is 5.17. The number of rotatable bonds is 1. The standard InChI is InChI=1S/C6H14N.C2BF8/c1-7(2)5-3-4-6-7;4-1(5,2(6,7)8)3(9,10)11/h3-6H2,1-2H3;/q+1;-1. The lowest BCUT2D eigenvalue weighted by Crippen LogP contribution is -2.53. The molecule has 0 aromatic carbocycles. The van der Waals surface area contributed by atoms with Gasteiger partial charge >= 0.3 is 19.0 Å². The second kappa shape index (κ2) is 5.22. The van der Waals surface area contributed by atoms with E-state index < -0.39 is 19.0 Å². The average molecular weight is 287 g/mol. The van der Waals surface area contributed by atoms with Gasteiger partial charge in [-0.2, -0.15) is 13.2 Å². The van der Waals surface area contributed by atoms with Crippen LogP contribution in [0.4, 0.5) is 34.9 Å². The van der Waals surface area contributed by atoms with Crippen LogP contribution < -0.4 is 0 Å². The summed E-state index contributed by atoms with van der Waals surface area (Å²) in [5, 5.41) is 0. The second-order valence-electron chi connectivity index (χ2n) is 4.79. The first-order valence-electron chi connectivity index (χ1n) is 5.17. The van der Waals surface area contributed by atoms with Crippen molar-refractivity contribution in [3.8, 4) is 0 Å². The molecule has 1 aliphatic rings. The van der Waals surface area contributed by atoms with Crippen molar-refractivity contribution in [2.24, 2.45) is 0 Å². The van der Waals surface area contributed by atoms with Crippen LogP contribution in [0, 0.1) is 0 Å². The Balaban J connectivity index is 0.000000351. The lowest BCUT2D eigenvalue weighted by molar-refractivity contribution is -0.877. The number of halogens is 8. The topological polar surface area (TPSA) is 0 Å². The van der Waals surface area contributed by atoms with Crippen molar-refractivity contribution in [2.45, 2.75) is 24.8 Å². The Hall–Kier alpha value is -0.535. The fourth-order valence-corrected chi connectivity index (χ4v) is 1.38. The van der Waals surface area contributed by atoms with E-state index in [9.17, 15) is 34.9 Å². The van der Waals surface area contributed by atoms with Crippen LogP contribution in [0.3, 0.4) is 0 Å². The van der Waals surface area contributed by atoms with Crippen molar-refractivity contribution in [3.63, 3.8) is 0 Å². The SMILES string of the molecule is C[N+]1(C)CCCC1.F[B-](F)(F)C(F)(F)C(F)(F)F. The maximum Gasteiger partial charge on any atom is 0.558 e. The minimum Gasteiger partial charge on any atom is -0.445 e. The molecular weight excluding hydrogens is 273 g/mol. The van der Waals surface area contributed by atoms with E-state index >= 15 is 0 Å². The molecule has 0 N–H and O–H groups in total. The number of hydrogen-bond acceptors (Lipinski definition) is 0. The number of quaternary nitrogens is 1. The van der Waals surface area contributed by atoms with Gasteiger partial charge in [0.05, 0.1) is 27.2 Å². The van der Waals surface area contributed by atoms with Crippen LogP contribution in [0.15, 0.2) is 0 Å². The molecule has 10 heteroatoms. The summed E-state index contributed by atoms with van der Waals surface area (Å²) < 4.78 is 89.1. The zero-order valence-electron chi connectivity index (χ0n) is 9.88. The van der Waals surface area contributed by atoms with Gasteiger partial charge in [0.25, 0.3) is 0 Å². The maximum atomic E-state index is 11.2. The van der Waals surface area contributed by atoms with Gasteiger partial charge in [-0.25, -0.2) is 8.78 Å². The summed E-state index contributed by atoms with van der Waals surface area (Å²) in [7, 11) is 4.60. The molecular formula is C8H14BF8N. The van der Waals surface area contributed by atoms with E-state index in [2.05, 4.69) is 14.1 Å². The van der Waals surface area contributed by atoms with Crippen LogP contribution in [0.1, 0.15) is 12.8 Å². The predicted octanol–water partition coefficient (Wildman–Crippen LogP) is 3.43. The van der Waals surface area contributed by atoms with E-state index in [1.807, 2.05) is 0 Å². The highest BCUT2D eigenvalue weighted by Gasteiger charge is 2.69. The molecule has 1 rings (SSSR count). The van der Waals surface area contributed by atoms with E-state index in [4.69, 9.17) is 0 Å². The summed E-state index contributed by atoms with van der Waals surface area (Å²) in [5.41, 5.74) is 0. The first-order chi connectivity index (χ1) is 7.71. The van der Waals surface area contributed by atoms with Crippen LogP contribution in [0.5, 0.6) is 0 Å². The molecule has 0 amide bonds. The number of nitrogens with zero attached hydrogens (tertiary/aromatic N) is 1. The van der Waals surface area contributed by atoms with Gasteiger partial charge in [-0.3, -0.25) is 0 Å². The van der Waals surface area contributed by atoms with Crippen LogP contribution in [-0.2, 0) is 0 Å². The molecule has 1 heterocycles. The first kappa shape index (κ1) is 17.5. The Labute approximate surface area is 99.4 Å². The van der Waals surface area contributed by atoms with Crippen molar-refractivity contribution in [2.75, 3.05) is 27.2 Å². The normalized spacial score (nSPS) is 20.3. The maximum absolute atomic E-state index is 11.2. The van der Waals surface area contributed by atoms with Gasteiger partial charge < -0.3 is 17.4 Å². The molecule has 0 unspecified atom stereocenters. The van der Waals surface area contributed by atoms with Crippen molar-refractivity contribution >= 4 is 6.98 Å². The lowest BCUT2D eigenvalue weighted by Gasteiger charge is -2.28. The summed E-state index contributed by atoms with van der Waals surface area (Å²) in [6, 6.07) is 0. The molecule has 18 heavy (non-hydrogen) atoms. The third kappa shape index (κ3) is 4.62. The van der Waals surface area contributed by atoms with Crippen LogP contribution >= 0.6 is 0 Å². The fourth-order valence-electron chi connectivity index (χ4n) is 1.38. The zero-order valence-corrected chi connectivity index (χ0v) is 9.88. The van der Waals surface area contributed by atoms with Gasteiger partial charge in [-0.05, 0) is 0 Å². The molecule has 0 aromatic heterocycles. The Kier molecular flexibility index (Phi) is 5.07. The van der Waals surface area contributed by atoms with Crippen LogP contribution in [-0.4, -0.2) is 50.6 Å². The minimum atomic E-state index is -7.21. The van der Waals surface area contributed by atoms with Crippen LogP contribution in [0.2, 0.25) is 0 Å². The van der Waals surface area contributed by atoms with Crippen molar-refractivity contribution in [1.82, 2.24) is 0 Å². The summed E-state index contributed by atoms with van der Waals surface area (Å²) in [6.07, 6.45) is -3.68. The monoisotopic (exact) mass is 287 g/mol. The van der Waals surface area contributed by atoms with E-state index in [1.165, 1.54) is 30.4 Å². The summed E-state index contributed by atoms with van der Waals surface area (Å²) in [5.74, 6) is -6.56. The molecule has 1 saturated heterocycles. The van der Waals surface area contributed by atoms with Crippen molar-refractivity contribution in [3.05, 3.63) is 0 Å². The van der Waals surface area contributed by atoms with Gasteiger partial charge in [0.1, 0.15) is 0 Å². The summed E-state index contributed by atoms with van der Waals surface area (Å²) in [6.45, 7) is -4.43. The minimum absolute atomic E-state index is 1.25. The van der Waals surface area contributed by atoms with E-state index in [0.29, 0.717) is 0 Å². The summed E-state index contributed by atoms with van der Waals surface area (Å²) in [4.78, 5) is 0. The van der Waals surface area contributed by atoms with E-state index in [0.717, 1.165) is 0 Å². The highest BCUT2D eigenvalue weighted by molar-refractivity contribution is 6.61. The number of hydrogen-bond donors (Lipinski definition) is 0. The zero-order chi connectivity index (χ0) is 14.8. The van der Waals surface area contributed by atoms with E-state index in [1.54, 1.807) is 0 Å². The number of alkyl halides is 5. The smallest absolute Gasteiger partial charge is 0.445 e. The third-order valence-corrected chi connectivity index (χ3v) is 2.57. The fraction of sp³-hybridized carbons (Fsp3) is 1.00. The molecule has 0 aliphatic carbocycles. The second-order valence-corrected chi connectivity index (χ2v) is 4.79. The van der Waals surface area contributed by atoms with Crippen molar-refractivity contribution < 1.29 is 39.4 Å². The van der Waals surface area contributed by atoms with Gasteiger partial charge in [0.15, 0.2) is 0 Å². The molecule has 0 atom stereocenters. The Morgan fingerprint density at radius 3 is 1.22 bits per heavy atom. The summed E-state index contributed by atoms with van der Waals surface area (Å²) >= 11 is 0. The molecule has 0 saturated carbocycles. The Morgan fingerprint density at radius 2 is 1.17 bits per heavy atom. The molecule has 0 spiro atoms. The highest BCUT2D eigenvalue weighted by Crippen LogP contribution is 2.43. The molecule has 0 bridgehead atoms. The van der Waals surface area contributed by atoms with Gasteiger partial charge in [-0.15, -0.1) is 0 Å². The van der Waals surface area contributed by atoms with Gasteiger partial charge in [0.2, 0.25) is 0 Å². The van der Waals surface area contributed by atoms with Gasteiger partial charge in [-0.1, -0.05) is 0 Å². The molecule has 0 radical (unpaired) electrons. The lowest BCUT2D eigenvalue weighted by atomic mass is 9.80. The van der Waals surface area contributed by atoms with Crippen molar-refractivity contribution in [1.29, 1.82) is 0 Å². The Morgan fingerprint density at radius 1 is 0.833 bits per heavy atom. The average Bonchev–Trinajstić information content (AvgIpc) is 2.47.